The Labute approximate surface area is 192 Å². The highest BCUT2D eigenvalue weighted by Crippen LogP contribution is 2.23. The molecule has 7 nitrogen and oxygen atoms in total. The fraction of sp³-hybridized carbons (Fsp3) is 0.333. The first kappa shape index (κ1) is 22.2. The fourth-order valence-electron chi connectivity index (χ4n) is 3.76. The van der Waals surface area contributed by atoms with E-state index in [-0.39, 0.29) is 5.91 Å². The van der Waals surface area contributed by atoms with Crippen LogP contribution in [-0.4, -0.2) is 78.0 Å². The molecule has 168 valence electrons. The van der Waals surface area contributed by atoms with Gasteiger partial charge in [-0.3, -0.25) is 14.3 Å². The van der Waals surface area contributed by atoms with Crippen LogP contribution < -0.4 is 9.47 Å². The Morgan fingerprint density at radius 2 is 1.69 bits per heavy atom. The SMILES string of the molecule is COc1ccc(OCCN2CCN(C(=O)c3cnc(SC)n3-c3ccccc3)CC2)cc1. The molecule has 2 heterocycles. The molecule has 3 aromatic rings. The van der Waals surface area contributed by atoms with E-state index in [1.54, 1.807) is 13.3 Å². The van der Waals surface area contributed by atoms with Crippen molar-refractivity contribution in [3.63, 3.8) is 0 Å². The van der Waals surface area contributed by atoms with Gasteiger partial charge in [0.05, 0.1) is 13.3 Å². The summed E-state index contributed by atoms with van der Waals surface area (Å²) in [6.45, 7) is 4.47. The minimum absolute atomic E-state index is 0.0239. The lowest BCUT2D eigenvalue weighted by Gasteiger charge is -2.34. The number of methoxy groups -OCH3 is 1. The number of para-hydroxylation sites is 1. The highest BCUT2D eigenvalue weighted by Gasteiger charge is 2.26. The monoisotopic (exact) mass is 452 g/mol. The van der Waals surface area contributed by atoms with Gasteiger partial charge in [0, 0.05) is 38.4 Å². The average Bonchev–Trinajstić information content (AvgIpc) is 3.29. The summed E-state index contributed by atoms with van der Waals surface area (Å²) in [5.74, 6) is 1.67. The lowest BCUT2D eigenvalue weighted by Crippen LogP contribution is -2.49. The molecule has 1 amide bonds. The number of hydrogen-bond donors (Lipinski definition) is 0. The van der Waals surface area contributed by atoms with Crippen molar-refractivity contribution in [2.24, 2.45) is 0 Å². The summed E-state index contributed by atoms with van der Waals surface area (Å²) < 4.78 is 13.0. The number of benzene rings is 2. The summed E-state index contributed by atoms with van der Waals surface area (Å²) in [5, 5.41) is 0.814. The van der Waals surface area contributed by atoms with Crippen LogP contribution in [0.3, 0.4) is 0 Å². The van der Waals surface area contributed by atoms with Crippen LogP contribution in [0.25, 0.3) is 5.69 Å². The van der Waals surface area contributed by atoms with Gasteiger partial charge in [-0.2, -0.15) is 0 Å². The molecule has 32 heavy (non-hydrogen) atoms. The van der Waals surface area contributed by atoms with E-state index in [0.29, 0.717) is 25.4 Å². The van der Waals surface area contributed by atoms with Crippen molar-refractivity contribution < 1.29 is 14.3 Å². The standard InChI is InChI=1S/C24H28N4O3S/c1-30-20-8-10-21(11-9-20)31-17-16-26-12-14-27(15-13-26)23(29)22-18-25-24(32-2)28(22)19-6-4-3-5-7-19/h3-11,18H,12-17H2,1-2H3. The number of carbonyl (C=O) groups is 1. The van der Waals surface area contributed by atoms with E-state index in [2.05, 4.69) is 9.88 Å². The fourth-order valence-corrected chi connectivity index (χ4v) is 4.30. The minimum Gasteiger partial charge on any atom is -0.497 e. The van der Waals surface area contributed by atoms with Crippen LogP contribution in [0.5, 0.6) is 11.5 Å². The molecule has 0 radical (unpaired) electrons. The van der Waals surface area contributed by atoms with Gasteiger partial charge in [0.15, 0.2) is 5.16 Å². The summed E-state index contributed by atoms with van der Waals surface area (Å²) in [5.41, 5.74) is 1.56. The van der Waals surface area contributed by atoms with Crippen LogP contribution >= 0.6 is 11.8 Å². The molecule has 1 saturated heterocycles. The number of piperazine rings is 1. The molecule has 1 aliphatic rings. The molecule has 0 saturated carbocycles. The summed E-state index contributed by atoms with van der Waals surface area (Å²) in [6.07, 6.45) is 3.67. The number of carbonyl (C=O) groups excluding carboxylic acids is 1. The first-order valence-corrected chi connectivity index (χ1v) is 11.9. The van der Waals surface area contributed by atoms with E-state index in [1.165, 1.54) is 11.8 Å². The highest BCUT2D eigenvalue weighted by atomic mass is 32.2. The number of nitrogens with zero attached hydrogens (tertiary/aromatic N) is 4. The van der Waals surface area contributed by atoms with E-state index in [9.17, 15) is 4.79 Å². The molecule has 0 atom stereocenters. The number of imidazole rings is 1. The second-order valence-electron chi connectivity index (χ2n) is 7.46. The molecular weight excluding hydrogens is 424 g/mol. The third kappa shape index (κ3) is 5.08. The van der Waals surface area contributed by atoms with Gasteiger partial charge in [0.25, 0.3) is 5.91 Å². The Kier molecular flexibility index (Phi) is 7.34. The number of aromatic nitrogens is 2. The highest BCUT2D eigenvalue weighted by molar-refractivity contribution is 7.98. The molecule has 0 unspecified atom stereocenters. The third-order valence-electron chi connectivity index (χ3n) is 5.54. The minimum atomic E-state index is 0.0239. The Hall–Kier alpha value is -2.97. The zero-order chi connectivity index (χ0) is 22.3. The molecule has 0 aliphatic carbocycles. The molecule has 2 aromatic carbocycles. The second-order valence-corrected chi connectivity index (χ2v) is 8.23. The number of ether oxygens (including phenoxy) is 2. The van der Waals surface area contributed by atoms with Gasteiger partial charge in [0.2, 0.25) is 0 Å². The predicted octanol–water partition coefficient (Wildman–Crippen LogP) is 3.44. The van der Waals surface area contributed by atoms with Crippen molar-refractivity contribution in [2.45, 2.75) is 5.16 Å². The van der Waals surface area contributed by atoms with Crippen molar-refractivity contribution in [1.29, 1.82) is 0 Å². The summed E-state index contributed by atoms with van der Waals surface area (Å²) >= 11 is 1.54. The summed E-state index contributed by atoms with van der Waals surface area (Å²) in [7, 11) is 1.65. The van der Waals surface area contributed by atoms with Gasteiger partial charge in [-0.1, -0.05) is 30.0 Å². The van der Waals surface area contributed by atoms with E-state index < -0.39 is 0 Å². The first-order chi connectivity index (χ1) is 15.7. The number of thioether (sulfide) groups is 1. The number of amides is 1. The zero-order valence-electron chi connectivity index (χ0n) is 18.4. The Bertz CT molecular complexity index is 1020. The van der Waals surface area contributed by atoms with Crippen molar-refractivity contribution in [3.8, 4) is 17.2 Å². The van der Waals surface area contributed by atoms with E-state index in [1.807, 2.05) is 70.3 Å². The van der Waals surface area contributed by atoms with Gasteiger partial charge < -0.3 is 14.4 Å². The van der Waals surface area contributed by atoms with E-state index >= 15 is 0 Å². The van der Waals surface area contributed by atoms with Crippen LogP contribution in [0.1, 0.15) is 10.5 Å². The Morgan fingerprint density at radius 3 is 2.34 bits per heavy atom. The third-order valence-corrected chi connectivity index (χ3v) is 6.19. The second kappa shape index (κ2) is 10.6. The molecule has 1 fully saturated rings. The summed E-state index contributed by atoms with van der Waals surface area (Å²) in [4.78, 5) is 22.0. The van der Waals surface area contributed by atoms with Crippen LogP contribution in [0.2, 0.25) is 0 Å². The zero-order valence-corrected chi connectivity index (χ0v) is 19.3. The van der Waals surface area contributed by atoms with Crippen LogP contribution in [0.15, 0.2) is 66.0 Å². The van der Waals surface area contributed by atoms with Gasteiger partial charge in [-0.15, -0.1) is 0 Å². The lowest BCUT2D eigenvalue weighted by molar-refractivity contribution is 0.0612. The van der Waals surface area contributed by atoms with Crippen molar-refractivity contribution in [2.75, 3.05) is 52.7 Å². The van der Waals surface area contributed by atoms with Crippen molar-refractivity contribution in [1.82, 2.24) is 19.4 Å². The van der Waals surface area contributed by atoms with Crippen molar-refractivity contribution in [3.05, 3.63) is 66.5 Å². The number of rotatable bonds is 8. The maximum atomic E-state index is 13.3. The Balaban J connectivity index is 1.31. The van der Waals surface area contributed by atoms with E-state index in [4.69, 9.17) is 9.47 Å². The van der Waals surface area contributed by atoms with Crippen LogP contribution in [-0.2, 0) is 0 Å². The largest absolute Gasteiger partial charge is 0.497 e. The van der Waals surface area contributed by atoms with Gasteiger partial charge >= 0.3 is 0 Å². The van der Waals surface area contributed by atoms with Gasteiger partial charge in [-0.05, 0) is 42.7 Å². The normalized spacial score (nSPS) is 14.4. The average molecular weight is 453 g/mol. The molecule has 0 bridgehead atoms. The van der Waals surface area contributed by atoms with Crippen LogP contribution in [0, 0.1) is 0 Å². The maximum Gasteiger partial charge on any atom is 0.272 e. The topological polar surface area (TPSA) is 59.8 Å². The lowest BCUT2D eigenvalue weighted by atomic mass is 10.2. The molecule has 0 spiro atoms. The Morgan fingerprint density at radius 1 is 1.00 bits per heavy atom. The smallest absolute Gasteiger partial charge is 0.272 e. The van der Waals surface area contributed by atoms with Crippen molar-refractivity contribution >= 4 is 17.7 Å². The first-order valence-electron chi connectivity index (χ1n) is 10.6. The molecule has 4 rings (SSSR count). The number of hydrogen-bond acceptors (Lipinski definition) is 6. The summed E-state index contributed by atoms with van der Waals surface area (Å²) in [6, 6.07) is 17.5. The quantitative estimate of drug-likeness (QED) is 0.488. The molecule has 1 aromatic heterocycles. The molecular formula is C24H28N4O3S. The molecule has 8 heteroatoms. The van der Waals surface area contributed by atoms with Gasteiger partial charge in [-0.25, -0.2) is 4.98 Å². The van der Waals surface area contributed by atoms with E-state index in [0.717, 1.165) is 42.0 Å². The van der Waals surface area contributed by atoms with Gasteiger partial charge in [0.1, 0.15) is 23.8 Å². The molecule has 1 aliphatic heterocycles. The predicted molar refractivity (Wildman–Crippen MR) is 126 cm³/mol. The maximum absolute atomic E-state index is 13.3. The molecule has 0 N–H and O–H groups in total. The van der Waals surface area contributed by atoms with Crippen LogP contribution in [0.4, 0.5) is 0 Å².